The lowest BCUT2D eigenvalue weighted by Gasteiger charge is -2.55. The number of piperidine rings is 1. The molecule has 0 radical (unpaired) electrons. The number of carbonyl (C=O) groups excluding carboxylic acids is 6. The SMILES string of the molecule is CCC[C@H](NC(=O)[C@@H]1C[C@@H]2CCCC3[C@@H]2N1C(=O)[C@@H](NC(=O)[C@@H](NC(=O)c1cc(C(C)(C)C)[nH]n1)C1CCCCC1)C3(C)C)C(=O)C(=O)NC1CC1. The molecule has 0 spiro atoms. The van der Waals surface area contributed by atoms with Gasteiger partial charge in [-0.15, -0.1) is 0 Å². The second kappa shape index (κ2) is 14.9. The van der Waals surface area contributed by atoms with Gasteiger partial charge in [0.2, 0.25) is 23.5 Å². The molecule has 3 saturated carbocycles. The van der Waals surface area contributed by atoms with Crippen LogP contribution >= 0.6 is 0 Å². The second-order valence-corrected chi connectivity index (χ2v) is 17.8. The quantitative estimate of drug-likeness (QED) is 0.205. The number of ketones is 1. The van der Waals surface area contributed by atoms with Crippen LogP contribution in [0.4, 0.5) is 0 Å². The minimum absolute atomic E-state index is 0.0171. The molecule has 7 atom stereocenters. The summed E-state index contributed by atoms with van der Waals surface area (Å²) in [5.74, 6) is -2.87. The zero-order valence-corrected chi connectivity index (χ0v) is 31.8. The predicted octanol–water partition coefficient (Wildman–Crippen LogP) is 3.43. The zero-order valence-electron chi connectivity index (χ0n) is 31.8. The average molecular weight is 722 g/mol. The third kappa shape index (κ3) is 7.64. The van der Waals surface area contributed by atoms with Crippen molar-refractivity contribution in [2.75, 3.05) is 0 Å². The van der Waals surface area contributed by atoms with Gasteiger partial charge in [-0.05, 0) is 80.6 Å². The van der Waals surface area contributed by atoms with Gasteiger partial charge in [0.1, 0.15) is 23.8 Å². The van der Waals surface area contributed by atoms with Gasteiger partial charge in [-0.1, -0.05) is 73.6 Å². The Hall–Kier alpha value is -3.77. The van der Waals surface area contributed by atoms with Crippen LogP contribution in [0.1, 0.15) is 141 Å². The molecule has 1 aromatic heterocycles. The number of hydrogen-bond acceptors (Lipinski definition) is 7. The molecule has 2 aliphatic heterocycles. The number of H-pyrrole nitrogens is 1. The van der Waals surface area contributed by atoms with Gasteiger partial charge >= 0.3 is 0 Å². The molecule has 5 aliphatic rings. The molecule has 2 saturated heterocycles. The fourth-order valence-corrected chi connectivity index (χ4v) is 9.43. The lowest BCUT2D eigenvalue weighted by atomic mass is 9.60. The standard InChI is InChI=1S/C39H59N7O6/c1-7-12-25(31(47)36(51)40-23-17-18-23)41-34(49)27-19-22-15-11-16-24-30(22)46(27)37(52)32(39(24,5)6)43-35(50)29(21-13-9-8-10-14-21)42-33(48)26-20-28(45-44-26)38(2,3)4/h20-25,27,29-30,32H,7-19H2,1-6H3,(H,40,51)(H,41,49)(H,42,48)(H,43,50)(H,44,45)/t22-,24?,25-,27-,29-,30+,32+/m0/s1. The highest BCUT2D eigenvalue weighted by Crippen LogP contribution is 2.54. The summed E-state index contributed by atoms with van der Waals surface area (Å²) in [6.45, 7) is 12.0. The van der Waals surface area contributed by atoms with Crippen molar-refractivity contribution in [3.05, 3.63) is 17.5 Å². The van der Waals surface area contributed by atoms with E-state index in [1.54, 1.807) is 11.0 Å². The summed E-state index contributed by atoms with van der Waals surface area (Å²) in [6, 6.07) is -2.00. The molecule has 3 heterocycles. The van der Waals surface area contributed by atoms with Crippen LogP contribution in [0.15, 0.2) is 6.07 Å². The highest BCUT2D eigenvalue weighted by atomic mass is 16.2. The van der Waals surface area contributed by atoms with E-state index in [1.807, 2.05) is 41.5 Å². The molecule has 1 aromatic rings. The first-order chi connectivity index (χ1) is 24.6. The Bertz CT molecular complexity index is 1550. The maximum Gasteiger partial charge on any atom is 0.289 e. The summed E-state index contributed by atoms with van der Waals surface area (Å²) in [7, 11) is 0. The first kappa shape index (κ1) is 38.0. The zero-order chi connectivity index (χ0) is 37.5. The minimum atomic E-state index is -0.977. The van der Waals surface area contributed by atoms with Gasteiger partial charge in [0.25, 0.3) is 11.8 Å². The van der Waals surface area contributed by atoms with Crippen molar-refractivity contribution < 1.29 is 28.8 Å². The van der Waals surface area contributed by atoms with E-state index in [1.165, 1.54) is 0 Å². The maximum atomic E-state index is 14.7. The number of rotatable bonds is 12. The van der Waals surface area contributed by atoms with Crippen LogP contribution in [-0.4, -0.2) is 86.7 Å². The fraction of sp³-hybridized carbons (Fsp3) is 0.769. The van der Waals surface area contributed by atoms with Crippen molar-refractivity contribution in [1.29, 1.82) is 0 Å². The van der Waals surface area contributed by atoms with E-state index in [4.69, 9.17) is 0 Å². The number of nitrogens with zero attached hydrogens (tertiary/aromatic N) is 2. The lowest BCUT2D eigenvalue weighted by Crippen LogP contribution is -2.70. The maximum absolute atomic E-state index is 14.7. The first-order valence-corrected chi connectivity index (χ1v) is 19.8. The van der Waals surface area contributed by atoms with Crippen LogP contribution in [0.3, 0.4) is 0 Å². The number of aromatic nitrogens is 2. The lowest BCUT2D eigenvalue weighted by molar-refractivity contribution is -0.160. The summed E-state index contributed by atoms with van der Waals surface area (Å²) >= 11 is 0. The van der Waals surface area contributed by atoms with E-state index in [9.17, 15) is 28.8 Å². The molecule has 13 nitrogen and oxygen atoms in total. The van der Waals surface area contributed by atoms with E-state index in [0.717, 1.165) is 69.9 Å². The van der Waals surface area contributed by atoms with Crippen LogP contribution in [0.5, 0.6) is 0 Å². The van der Waals surface area contributed by atoms with Crippen molar-refractivity contribution in [1.82, 2.24) is 36.4 Å². The Morgan fingerprint density at radius 1 is 0.962 bits per heavy atom. The molecule has 3 aliphatic carbocycles. The Labute approximate surface area is 307 Å². The van der Waals surface area contributed by atoms with Crippen molar-refractivity contribution in [3.63, 3.8) is 0 Å². The van der Waals surface area contributed by atoms with Gasteiger partial charge in [0, 0.05) is 23.2 Å². The Morgan fingerprint density at radius 2 is 1.67 bits per heavy atom. The van der Waals surface area contributed by atoms with Crippen LogP contribution in [-0.2, 0) is 29.4 Å². The molecular formula is C39H59N7O6. The Balaban J connectivity index is 1.23. The predicted molar refractivity (Wildman–Crippen MR) is 194 cm³/mol. The number of amides is 5. The van der Waals surface area contributed by atoms with E-state index < -0.39 is 59.0 Å². The van der Waals surface area contributed by atoms with E-state index in [2.05, 4.69) is 31.5 Å². The normalized spacial score (nSPS) is 28.3. The molecule has 5 N–H and O–H groups in total. The fourth-order valence-electron chi connectivity index (χ4n) is 9.43. The molecule has 5 amide bonds. The Morgan fingerprint density at radius 3 is 2.31 bits per heavy atom. The number of nitrogens with one attached hydrogen (secondary N) is 5. The van der Waals surface area contributed by atoms with E-state index in [0.29, 0.717) is 19.3 Å². The highest BCUT2D eigenvalue weighted by molar-refractivity contribution is 6.38. The number of Topliss-reactive ketones (excluding diaryl/α,β-unsaturated/α-hetero) is 1. The van der Waals surface area contributed by atoms with Gasteiger partial charge in [-0.25, -0.2) is 0 Å². The number of hydrogen-bond donors (Lipinski definition) is 5. The largest absolute Gasteiger partial charge is 0.347 e. The molecule has 5 fully saturated rings. The van der Waals surface area contributed by atoms with Gasteiger partial charge in [0.05, 0.1) is 6.04 Å². The van der Waals surface area contributed by atoms with E-state index in [-0.39, 0.29) is 46.9 Å². The highest BCUT2D eigenvalue weighted by Gasteiger charge is 2.62. The van der Waals surface area contributed by atoms with Crippen molar-refractivity contribution in [2.45, 2.75) is 167 Å². The molecule has 6 rings (SSSR count). The van der Waals surface area contributed by atoms with E-state index >= 15 is 0 Å². The summed E-state index contributed by atoms with van der Waals surface area (Å²) in [5.41, 5.74) is 0.155. The number of carbonyl (C=O) groups is 6. The second-order valence-electron chi connectivity index (χ2n) is 17.8. The number of aromatic amines is 1. The topological polar surface area (TPSA) is 182 Å². The van der Waals surface area contributed by atoms with Crippen molar-refractivity contribution in [2.24, 2.45) is 23.2 Å². The molecule has 0 bridgehead atoms. The van der Waals surface area contributed by atoms with Crippen molar-refractivity contribution in [3.8, 4) is 0 Å². The van der Waals surface area contributed by atoms with Gasteiger partial charge in [-0.2, -0.15) is 5.10 Å². The molecule has 13 heteroatoms. The first-order valence-electron chi connectivity index (χ1n) is 19.8. The molecule has 52 heavy (non-hydrogen) atoms. The van der Waals surface area contributed by atoms with Crippen molar-refractivity contribution >= 4 is 35.3 Å². The van der Waals surface area contributed by atoms with Gasteiger partial charge < -0.3 is 26.2 Å². The smallest absolute Gasteiger partial charge is 0.289 e. The molecule has 286 valence electrons. The van der Waals surface area contributed by atoms with Crippen LogP contribution in [0.2, 0.25) is 0 Å². The van der Waals surface area contributed by atoms with Crippen LogP contribution < -0.4 is 21.3 Å². The molecule has 0 aromatic carbocycles. The summed E-state index contributed by atoms with van der Waals surface area (Å²) < 4.78 is 0. The van der Waals surface area contributed by atoms with Crippen LogP contribution in [0, 0.1) is 23.2 Å². The Kier molecular flexibility index (Phi) is 10.9. The van der Waals surface area contributed by atoms with Gasteiger partial charge in [0.15, 0.2) is 0 Å². The van der Waals surface area contributed by atoms with Gasteiger partial charge in [-0.3, -0.25) is 33.9 Å². The monoisotopic (exact) mass is 721 g/mol. The average Bonchev–Trinajstić information content (AvgIpc) is 3.60. The molecular weight excluding hydrogens is 662 g/mol. The molecule has 1 unspecified atom stereocenters. The minimum Gasteiger partial charge on any atom is -0.347 e. The third-order valence-electron chi connectivity index (χ3n) is 12.6. The summed E-state index contributed by atoms with van der Waals surface area (Å²) in [4.78, 5) is 84.3. The summed E-state index contributed by atoms with van der Waals surface area (Å²) in [5, 5.41) is 18.9. The van der Waals surface area contributed by atoms with Crippen LogP contribution in [0.25, 0.3) is 0 Å². The summed E-state index contributed by atoms with van der Waals surface area (Å²) in [6.07, 6.45) is 10.3. The third-order valence-corrected chi connectivity index (χ3v) is 12.6.